The maximum Gasteiger partial charge on any atom is 0.0120 e. The fourth-order valence-electron chi connectivity index (χ4n) is 5.09. The van der Waals surface area contributed by atoms with Crippen molar-refractivity contribution in [1.29, 1.82) is 0 Å². The van der Waals surface area contributed by atoms with Crippen LogP contribution in [0.15, 0.2) is 0 Å². The third-order valence-electron chi connectivity index (χ3n) is 6.47. The summed E-state index contributed by atoms with van der Waals surface area (Å²) in [5, 5.41) is 7.05. The lowest BCUT2D eigenvalue weighted by Gasteiger charge is -2.39. The second kappa shape index (κ2) is 6.53. The van der Waals surface area contributed by atoms with Crippen molar-refractivity contribution >= 4 is 0 Å². The number of likely N-dealkylation sites (tertiary alicyclic amines) is 2. The molecule has 21 heavy (non-hydrogen) atoms. The molecule has 120 valence electrons. The second-order valence-electron chi connectivity index (χ2n) is 7.86. The maximum absolute atomic E-state index is 3.56. The Morgan fingerprint density at radius 3 is 2.14 bits per heavy atom. The Morgan fingerprint density at radius 2 is 1.48 bits per heavy atom. The summed E-state index contributed by atoms with van der Waals surface area (Å²) in [7, 11) is 0. The van der Waals surface area contributed by atoms with Crippen LogP contribution >= 0.6 is 0 Å². The highest BCUT2D eigenvalue weighted by Gasteiger charge is 2.39. The number of rotatable bonds is 3. The minimum absolute atomic E-state index is 0.889. The predicted molar refractivity (Wildman–Crippen MR) is 86.5 cm³/mol. The van der Waals surface area contributed by atoms with Crippen molar-refractivity contribution < 1.29 is 0 Å². The van der Waals surface area contributed by atoms with Crippen LogP contribution in [-0.2, 0) is 0 Å². The van der Waals surface area contributed by atoms with Crippen LogP contribution in [0, 0.1) is 17.8 Å². The van der Waals surface area contributed by atoms with Crippen LogP contribution in [0.1, 0.15) is 25.7 Å². The van der Waals surface area contributed by atoms with Crippen LogP contribution in [0.2, 0.25) is 0 Å². The summed E-state index contributed by atoms with van der Waals surface area (Å²) in [6, 6.07) is 0.889. The van der Waals surface area contributed by atoms with Crippen molar-refractivity contribution in [1.82, 2.24) is 20.4 Å². The Hall–Kier alpha value is -0.160. The number of piperidine rings is 2. The van der Waals surface area contributed by atoms with E-state index in [9.17, 15) is 0 Å². The van der Waals surface area contributed by atoms with Gasteiger partial charge in [-0.15, -0.1) is 0 Å². The standard InChI is InChI=1S/C17H32N4/c1-5-18-6-2-14(1)11-20-7-3-17(4-8-20)21-12-15-9-19-10-16(15)13-21/h14-19H,1-13H2. The molecule has 0 aromatic heterocycles. The van der Waals surface area contributed by atoms with E-state index in [1.807, 2.05) is 0 Å². The summed E-state index contributed by atoms with van der Waals surface area (Å²) in [6.07, 6.45) is 5.61. The van der Waals surface area contributed by atoms with Gasteiger partial charge in [-0.05, 0) is 82.7 Å². The molecule has 0 aromatic carbocycles. The van der Waals surface area contributed by atoms with Crippen molar-refractivity contribution in [3.63, 3.8) is 0 Å². The molecular formula is C17H32N4. The van der Waals surface area contributed by atoms with E-state index in [2.05, 4.69) is 20.4 Å². The topological polar surface area (TPSA) is 30.5 Å². The minimum atomic E-state index is 0.889. The van der Waals surface area contributed by atoms with Gasteiger partial charge in [0.1, 0.15) is 0 Å². The molecule has 4 aliphatic rings. The van der Waals surface area contributed by atoms with Crippen LogP contribution in [-0.4, -0.2) is 74.7 Å². The van der Waals surface area contributed by atoms with Crippen molar-refractivity contribution in [3.8, 4) is 0 Å². The zero-order valence-electron chi connectivity index (χ0n) is 13.4. The van der Waals surface area contributed by atoms with E-state index in [-0.39, 0.29) is 0 Å². The van der Waals surface area contributed by atoms with Gasteiger partial charge in [0, 0.05) is 25.7 Å². The Bertz CT molecular complexity index is 322. The van der Waals surface area contributed by atoms with Crippen molar-refractivity contribution in [2.75, 3.05) is 58.9 Å². The molecule has 2 atom stereocenters. The average molecular weight is 292 g/mol. The molecule has 0 spiro atoms. The summed E-state index contributed by atoms with van der Waals surface area (Å²) >= 11 is 0. The van der Waals surface area contributed by atoms with Gasteiger partial charge in [-0.1, -0.05) is 0 Å². The number of nitrogens with one attached hydrogen (secondary N) is 2. The molecule has 0 saturated carbocycles. The molecule has 2 N–H and O–H groups in total. The van der Waals surface area contributed by atoms with Gasteiger partial charge in [-0.25, -0.2) is 0 Å². The second-order valence-corrected chi connectivity index (χ2v) is 7.86. The summed E-state index contributed by atoms with van der Waals surface area (Å²) in [4.78, 5) is 5.59. The molecule has 4 saturated heterocycles. The van der Waals surface area contributed by atoms with Crippen LogP contribution in [0.4, 0.5) is 0 Å². The minimum Gasteiger partial charge on any atom is -0.317 e. The first kappa shape index (κ1) is 14.4. The molecule has 0 aliphatic carbocycles. The van der Waals surface area contributed by atoms with Gasteiger partial charge in [0.15, 0.2) is 0 Å². The normalized spacial score (nSPS) is 37.1. The van der Waals surface area contributed by atoms with E-state index >= 15 is 0 Å². The van der Waals surface area contributed by atoms with Gasteiger partial charge in [0.2, 0.25) is 0 Å². The Kier molecular flexibility index (Phi) is 4.49. The average Bonchev–Trinajstić information content (AvgIpc) is 3.10. The number of fused-ring (bicyclic) bond motifs is 1. The highest BCUT2D eigenvalue weighted by atomic mass is 15.2. The quantitative estimate of drug-likeness (QED) is 0.798. The highest BCUT2D eigenvalue weighted by molar-refractivity contribution is 4.94. The van der Waals surface area contributed by atoms with E-state index in [4.69, 9.17) is 0 Å². The first-order valence-corrected chi connectivity index (χ1v) is 9.26. The fraction of sp³-hybridized carbons (Fsp3) is 1.00. The smallest absolute Gasteiger partial charge is 0.0120 e. The Balaban J connectivity index is 1.21. The summed E-state index contributed by atoms with van der Waals surface area (Å²) < 4.78 is 0. The number of hydrogen-bond donors (Lipinski definition) is 2. The van der Waals surface area contributed by atoms with E-state index in [0.717, 1.165) is 23.8 Å². The van der Waals surface area contributed by atoms with E-state index < -0.39 is 0 Å². The molecule has 0 radical (unpaired) electrons. The molecular weight excluding hydrogens is 260 g/mol. The summed E-state index contributed by atoms with van der Waals surface area (Å²) in [5.41, 5.74) is 0. The van der Waals surface area contributed by atoms with Gasteiger partial charge < -0.3 is 15.5 Å². The molecule has 0 amide bonds. The molecule has 0 aromatic rings. The maximum atomic E-state index is 3.56. The number of hydrogen-bond acceptors (Lipinski definition) is 4. The van der Waals surface area contributed by atoms with Crippen molar-refractivity contribution in [2.24, 2.45) is 17.8 Å². The zero-order chi connectivity index (χ0) is 14.1. The van der Waals surface area contributed by atoms with Gasteiger partial charge in [0.05, 0.1) is 0 Å². The zero-order valence-corrected chi connectivity index (χ0v) is 13.4. The van der Waals surface area contributed by atoms with E-state index in [1.165, 1.54) is 84.6 Å². The van der Waals surface area contributed by atoms with Crippen LogP contribution < -0.4 is 10.6 Å². The Morgan fingerprint density at radius 1 is 0.810 bits per heavy atom. The lowest BCUT2D eigenvalue weighted by molar-refractivity contribution is 0.105. The molecule has 4 fully saturated rings. The van der Waals surface area contributed by atoms with Crippen LogP contribution in [0.5, 0.6) is 0 Å². The molecule has 4 aliphatic heterocycles. The Labute approximate surface area is 129 Å². The molecule has 4 nitrogen and oxygen atoms in total. The van der Waals surface area contributed by atoms with Crippen molar-refractivity contribution in [2.45, 2.75) is 31.7 Å². The molecule has 0 bridgehead atoms. The third-order valence-corrected chi connectivity index (χ3v) is 6.47. The lowest BCUT2D eigenvalue weighted by atomic mass is 9.95. The van der Waals surface area contributed by atoms with Crippen LogP contribution in [0.25, 0.3) is 0 Å². The summed E-state index contributed by atoms with van der Waals surface area (Å²) in [6.45, 7) is 11.8. The van der Waals surface area contributed by atoms with E-state index in [1.54, 1.807) is 0 Å². The molecule has 4 heterocycles. The monoisotopic (exact) mass is 292 g/mol. The first-order valence-electron chi connectivity index (χ1n) is 9.26. The molecule has 2 unspecified atom stereocenters. The van der Waals surface area contributed by atoms with Gasteiger partial charge >= 0.3 is 0 Å². The van der Waals surface area contributed by atoms with E-state index in [0.29, 0.717) is 0 Å². The van der Waals surface area contributed by atoms with Gasteiger partial charge in [-0.3, -0.25) is 4.90 Å². The molecule has 4 heteroatoms. The van der Waals surface area contributed by atoms with Gasteiger partial charge in [0.25, 0.3) is 0 Å². The third kappa shape index (κ3) is 3.29. The largest absolute Gasteiger partial charge is 0.317 e. The SMILES string of the molecule is C1CC(CN2CCC(N3CC4CNCC4C3)CC2)CCN1. The lowest BCUT2D eigenvalue weighted by Crippen LogP contribution is -2.46. The highest BCUT2D eigenvalue weighted by Crippen LogP contribution is 2.30. The first-order chi connectivity index (χ1) is 10.4. The van der Waals surface area contributed by atoms with Crippen LogP contribution in [0.3, 0.4) is 0 Å². The predicted octanol–water partition coefficient (Wildman–Crippen LogP) is 0.602. The van der Waals surface area contributed by atoms with Crippen molar-refractivity contribution in [3.05, 3.63) is 0 Å². The molecule has 4 rings (SSSR count). The van der Waals surface area contributed by atoms with Gasteiger partial charge in [-0.2, -0.15) is 0 Å². The number of nitrogens with zero attached hydrogens (tertiary/aromatic N) is 2. The summed E-state index contributed by atoms with van der Waals surface area (Å²) in [5.74, 6) is 2.87. The fourth-order valence-corrected chi connectivity index (χ4v) is 5.09.